The molecule has 3 aromatic rings. The fourth-order valence-corrected chi connectivity index (χ4v) is 3.10. The van der Waals surface area contributed by atoms with Gasteiger partial charge >= 0.3 is 0 Å². The summed E-state index contributed by atoms with van der Waals surface area (Å²) < 4.78 is 5.26. The molecule has 1 saturated heterocycles. The number of carbonyl (C=O) groups is 1. The molecule has 4 rings (SSSR count). The van der Waals surface area contributed by atoms with E-state index < -0.39 is 0 Å². The Morgan fingerprint density at radius 3 is 2.44 bits per heavy atom. The molecule has 1 fully saturated rings. The van der Waals surface area contributed by atoms with Crippen molar-refractivity contribution in [2.24, 2.45) is 0 Å². The number of furan rings is 1. The van der Waals surface area contributed by atoms with Gasteiger partial charge in [0.05, 0.1) is 12.8 Å². The average molecular weight is 363 g/mol. The first-order valence-electron chi connectivity index (χ1n) is 8.99. The Morgan fingerprint density at radius 1 is 0.963 bits per heavy atom. The van der Waals surface area contributed by atoms with Crippen LogP contribution in [0.25, 0.3) is 0 Å². The normalized spacial score (nSPS) is 14.2. The van der Waals surface area contributed by atoms with Crippen LogP contribution in [0.4, 0.5) is 11.5 Å². The fourth-order valence-electron chi connectivity index (χ4n) is 3.10. The number of amides is 1. The zero-order valence-electron chi connectivity index (χ0n) is 14.9. The van der Waals surface area contributed by atoms with Crippen LogP contribution in [0.1, 0.15) is 16.2 Å². The van der Waals surface area contributed by atoms with Crippen molar-refractivity contribution in [3.05, 3.63) is 72.3 Å². The van der Waals surface area contributed by atoms with Gasteiger partial charge in [-0.15, -0.1) is 10.2 Å². The number of hydrogen-bond acceptors (Lipinski definition) is 6. The van der Waals surface area contributed by atoms with Crippen LogP contribution in [0.3, 0.4) is 0 Å². The first kappa shape index (κ1) is 17.1. The number of nitrogens with zero attached hydrogens (tertiary/aromatic N) is 4. The molecule has 0 aliphatic carbocycles. The maximum atomic E-state index is 12.7. The van der Waals surface area contributed by atoms with E-state index in [0.717, 1.165) is 18.8 Å². The molecule has 0 saturated carbocycles. The summed E-state index contributed by atoms with van der Waals surface area (Å²) in [6, 6.07) is 17.5. The minimum atomic E-state index is -0.0761. The van der Waals surface area contributed by atoms with E-state index in [2.05, 4.69) is 32.5 Å². The number of hydrogen-bond donors (Lipinski definition) is 1. The highest BCUT2D eigenvalue weighted by Gasteiger charge is 2.23. The predicted octanol–water partition coefficient (Wildman–Crippen LogP) is 2.64. The number of rotatable bonds is 5. The molecule has 2 aromatic heterocycles. The van der Waals surface area contributed by atoms with E-state index in [1.807, 2.05) is 35.2 Å². The molecular weight excluding hydrogens is 342 g/mol. The number of aromatic nitrogens is 2. The Labute approximate surface area is 157 Å². The lowest BCUT2D eigenvalue weighted by Gasteiger charge is -2.35. The minimum absolute atomic E-state index is 0.0761. The van der Waals surface area contributed by atoms with Crippen LogP contribution in [-0.4, -0.2) is 47.2 Å². The van der Waals surface area contributed by atoms with Gasteiger partial charge in [-0.3, -0.25) is 4.79 Å². The molecule has 27 heavy (non-hydrogen) atoms. The van der Waals surface area contributed by atoms with E-state index in [4.69, 9.17) is 4.42 Å². The van der Waals surface area contributed by atoms with Gasteiger partial charge in [0.15, 0.2) is 5.69 Å². The molecule has 0 spiro atoms. The molecule has 1 aliphatic heterocycles. The van der Waals surface area contributed by atoms with Crippen LogP contribution >= 0.6 is 0 Å². The molecule has 0 bridgehead atoms. The summed E-state index contributed by atoms with van der Waals surface area (Å²) in [6.45, 7) is 3.50. The number of carbonyl (C=O) groups excluding carboxylic acids is 1. The third kappa shape index (κ3) is 4.08. The summed E-state index contributed by atoms with van der Waals surface area (Å²) in [5.41, 5.74) is 1.56. The van der Waals surface area contributed by atoms with Crippen molar-refractivity contribution in [2.45, 2.75) is 6.54 Å². The van der Waals surface area contributed by atoms with Crippen molar-refractivity contribution in [3.63, 3.8) is 0 Å². The summed E-state index contributed by atoms with van der Waals surface area (Å²) in [4.78, 5) is 16.8. The molecule has 1 aromatic carbocycles. The second-order valence-electron chi connectivity index (χ2n) is 6.35. The van der Waals surface area contributed by atoms with E-state index in [0.29, 0.717) is 31.1 Å². The Hall–Kier alpha value is -3.35. The van der Waals surface area contributed by atoms with Crippen molar-refractivity contribution >= 4 is 17.4 Å². The smallest absolute Gasteiger partial charge is 0.274 e. The van der Waals surface area contributed by atoms with Gasteiger partial charge in [-0.2, -0.15) is 0 Å². The van der Waals surface area contributed by atoms with Crippen LogP contribution in [0, 0.1) is 0 Å². The van der Waals surface area contributed by atoms with Gasteiger partial charge in [0.2, 0.25) is 0 Å². The molecule has 0 radical (unpaired) electrons. The first-order valence-corrected chi connectivity index (χ1v) is 8.99. The molecule has 1 amide bonds. The van der Waals surface area contributed by atoms with Gasteiger partial charge in [-0.1, -0.05) is 18.2 Å². The van der Waals surface area contributed by atoms with E-state index >= 15 is 0 Å². The van der Waals surface area contributed by atoms with E-state index in [1.54, 1.807) is 18.4 Å². The molecule has 138 valence electrons. The molecule has 1 N–H and O–H groups in total. The van der Waals surface area contributed by atoms with Crippen molar-refractivity contribution in [1.82, 2.24) is 15.1 Å². The van der Waals surface area contributed by atoms with Crippen LogP contribution in [0.15, 0.2) is 65.3 Å². The lowest BCUT2D eigenvalue weighted by molar-refractivity contribution is 0.0739. The van der Waals surface area contributed by atoms with Crippen LogP contribution < -0.4 is 10.2 Å². The Bertz CT molecular complexity index is 857. The van der Waals surface area contributed by atoms with Crippen molar-refractivity contribution in [2.75, 3.05) is 36.4 Å². The Balaban J connectivity index is 1.32. The number of nitrogens with one attached hydrogen (secondary N) is 1. The van der Waals surface area contributed by atoms with Crippen molar-refractivity contribution in [3.8, 4) is 0 Å². The lowest BCUT2D eigenvalue weighted by Crippen LogP contribution is -2.49. The zero-order valence-corrected chi connectivity index (χ0v) is 14.9. The SMILES string of the molecule is O=C(c1ccc(NCc2ccco2)nn1)N1CCN(c2ccccc2)CC1. The molecule has 7 nitrogen and oxygen atoms in total. The summed E-state index contributed by atoms with van der Waals surface area (Å²) in [6.07, 6.45) is 1.63. The Morgan fingerprint density at radius 2 is 1.78 bits per heavy atom. The van der Waals surface area contributed by atoms with Crippen LogP contribution in [0.2, 0.25) is 0 Å². The van der Waals surface area contributed by atoms with E-state index in [-0.39, 0.29) is 5.91 Å². The van der Waals surface area contributed by atoms with Crippen molar-refractivity contribution in [1.29, 1.82) is 0 Å². The monoisotopic (exact) mass is 363 g/mol. The predicted molar refractivity (Wildman–Crippen MR) is 103 cm³/mol. The molecule has 1 aliphatic rings. The molecule has 0 atom stereocenters. The molecule has 0 unspecified atom stereocenters. The van der Waals surface area contributed by atoms with Gasteiger partial charge < -0.3 is 19.5 Å². The average Bonchev–Trinajstić information content (AvgIpc) is 3.27. The summed E-state index contributed by atoms with van der Waals surface area (Å²) in [7, 11) is 0. The van der Waals surface area contributed by atoms with Gasteiger partial charge in [0.1, 0.15) is 11.6 Å². The number of para-hydroxylation sites is 1. The summed E-state index contributed by atoms with van der Waals surface area (Å²) in [5, 5.41) is 11.3. The maximum absolute atomic E-state index is 12.7. The van der Waals surface area contributed by atoms with Gasteiger partial charge in [-0.05, 0) is 36.4 Å². The topological polar surface area (TPSA) is 74.5 Å². The maximum Gasteiger partial charge on any atom is 0.274 e. The highest BCUT2D eigenvalue weighted by Crippen LogP contribution is 2.16. The number of benzene rings is 1. The highest BCUT2D eigenvalue weighted by molar-refractivity contribution is 5.92. The number of anilines is 2. The fraction of sp³-hybridized carbons (Fsp3) is 0.250. The van der Waals surface area contributed by atoms with Gasteiger partial charge in [0.25, 0.3) is 5.91 Å². The summed E-state index contributed by atoms with van der Waals surface area (Å²) in [5.74, 6) is 1.35. The highest BCUT2D eigenvalue weighted by atomic mass is 16.3. The quantitative estimate of drug-likeness (QED) is 0.751. The third-order valence-electron chi connectivity index (χ3n) is 4.60. The van der Waals surface area contributed by atoms with E-state index in [1.165, 1.54) is 5.69 Å². The van der Waals surface area contributed by atoms with Gasteiger partial charge in [-0.25, -0.2) is 0 Å². The molecule has 3 heterocycles. The largest absolute Gasteiger partial charge is 0.467 e. The number of piperazine rings is 1. The third-order valence-corrected chi connectivity index (χ3v) is 4.60. The van der Waals surface area contributed by atoms with E-state index in [9.17, 15) is 4.79 Å². The van der Waals surface area contributed by atoms with Gasteiger partial charge in [0, 0.05) is 31.9 Å². The summed E-state index contributed by atoms with van der Waals surface area (Å²) >= 11 is 0. The standard InChI is InChI=1S/C20H21N5O2/c26-20(25-12-10-24(11-13-25)16-5-2-1-3-6-16)18-8-9-19(23-22-18)21-15-17-7-4-14-27-17/h1-9,14H,10-13,15H2,(H,21,23). The van der Waals surface area contributed by atoms with Crippen LogP contribution in [-0.2, 0) is 6.54 Å². The van der Waals surface area contributed by atoms with Crippen molar-refractivity contribution < 1.29 is 9.21 Å². The Kier molecular flexibility index (Phi) is 5.00. The molecule has 7 heteroatoms. The zero-order chi connectivity index (χ0) is 18.5. The molecular formula is C20H21N5O2. The van der Waals surface area contributed by atoms with Crippen LogP contribution in [0.5, 0.6) is 0 Å². The lowest BCUT2D eigenvalue weighted by atomic mass is 10.2. The second kappa shape index (κ2) is 7.90. The minimum Gasteiger partial charge on any atom is -0.467 e. The second-order valence-corrected chi connectivity index (χ2v) is 6.35. The first-order chi connectivity index (χ1) is 13.3.